The zero-order valence-electron chi connectivity index (χ0n) is 11.1. The number of hydrogen-bond donors (Lipinski definition) is 2. The number of ketones is 1. The van der Waals surface area contributed by atoms with Crippen molar-refractivity contribution in [2.24, 2.45) is 0 Å². The van der Waals surface area contributed by atoms with Crippen molar-refractivity contribution in [2.75, 3.05) is 5.32 Å². The molecule has 2 aromatic rings. The van der Waals surface area contributed by atoms with E-state index in [9.17, 15) is 9.59 Å². The predicted octanol–water partition coefficient (Wildman–Crippen LogP) is 2.33. The molecule has 1 heterocycles. The van der Waals surface area contributed by atoms with Crippen molar-refractivity contribution in [1.29, 1.82) is 0 Å². The first-order valence-corrected chi connectivity index (χ1v) is 5.93. The number of aromatic amines is 1. The summed E-state index contributed by atoms with van der Waals surface area (Å²) in [5, 5.41) is 3.00. The molecule has 0 bridgehead atoms. The van der Waals surface area contributed by atoms with Gasteiger partial charge in [0.05, 0.1) is 0 Å². The van der Waals surface area contributed by atoms with E-state index in [4.69, 9.17) is 0 Å². The van der Waals surface area contributed by atoms with Crippen LogP contribution >= 0.6 is 0 Å². The number of carbonyl (C=O) groups is 1. The number of benzene rings is 1. The topological polar surface area (TPSA) is 74.8 Å². The molecule has 0 aliphatic carbocycles. The van der Waals surface area contributed by atoms with E-state index in [0.717, 1.165) is 5.69 Å². The first kappa shape index (κ1) is 13.0. The van der Waals surface area contributed by atoms with Crippen LogP contribution in [0.5, 0.6) is 0 Å². The highest BCUT2D eigenvalue weighted by Crippen LogP contribution is 2.14. The lowest BCUT2D eigenvalue weighted by molar-refractivity contribution is 0.101. The summed E-state index contributed by atoms with van der Waals surface area (Å²) in [5.74, 6) is 0.410. The van der Waals surface area contributed by atoms with Crippen molar-refractivity contribution in [3.05, 3.63) is 51.4 Å². The summed E-state index contributed by atoms with van der Waals surface area (Å²) in [4.78, 5) is 29.7. The Balaban J connectivity index is 2.26. The van der Waals surface area contributed by atoms with Gasteiger partial charge in [-0.05, 0) is 45.0 Å². The average molecular weight is 257 g/mol. The van der Waals surface area contributed by atoms with E-state index >= 15 is 0 Å². The molecule has 0 aliphatic rings. The van der Waals surface area contributed by atoms with Crippen molar-refractivity contribution in [3.8, 4) is 0 Å². The van der Waals surface area contributed by atoms with Crippen molar-refractivity contribution < 1.29 is 4.79 Å². The third-order valence-electron chi connectivity index (χ3n) is 2.95. The van der Waals surface area contributed by atoms with E-state index in [0.29, 0.717) is 22.8 Å². The Hall–Kier alpha value is -2.43. The number of aromatic nitrogens is 2. The first-order valence-electron chi connectivity index (χ1n) is 5.93. The minimum absolute atomic E-state index is 0.0178. The fraction of sp³-hybridized carbons (Fsp3) is 0.214. The van der Waals surface area contributed by atoms with Gasteiger partial charge in [0.2, 0.25) is 5.95 Å². The number of anilines is 2. The summed E-state index contributed by atoms with van der Waals surface area (Å²) < 4.78 is 0. The number of hydrogen-bond acceptors (Lipinski definition) is 4. The molecule has 0 fully saturated rings. The van der Waals surface area contributed by atoms with E-state index in [-0.39, 0.29) is 11.3 Å². The highest BCUT2D eigenvalue weighted by atomic mass is 16.1. The second-order valence-electron chi connectivity index (χ2n) is 4.38. The molecule has 1 aromatic carbocycles. The summed E-state index contributed by atoms with van der Waals surface area (Å²) in [7, 11) is 0. The Labute approximate surface area is 110 Å². The molecule has 19 heavy (non-hydrogen) atoms. The Morgan fingerprint density at radius 3 is 2.37 bits per heavy atom. The minimum atomic E-state index is -0.157. The van der Waals surface area contributed by atoms with Crippen LogP contribution in [-0.4, -0.2) is 15.8 Å². The Bertz CT molecular complexity index is 672. The standard InChI is InChI=1S/C14H15N3O2/c1-8-9(2)15-14(17-13(8)19)16-12-6-4-11(5-7-12)10(3)18/h4-7H,1-3H3,(H2,15,16,17,19). The van der Waals surface area contributed by atoms with E-state index < -0.39 is 0 Å². The highest BCUT2D eigenvalue weighted by molar-refractivity contribution is 5.94. The number of nitrogens with one attached hydrogen (secondary N) is 2. The maximum absolute atomic E-state index is 11.6. The first-order chi connectivity index (χ1) is 8.97. The van der Waals surface area contributed by atoms with E-state index in [1.54, 1.807) is 38.1 Å². The number of H-pyrrole nitrogens is 1. The number of rotatable bonds is 3. The molecule has 5 heteroatoms. The molecule has 2 rings (SSSR count). The largest absolute Gasteiger partial charge is 0.326 e. The highest BCUT2D eigenvalue weighted by Gasteiger charge is 2.04. The van der Waals surface area contributed by atoms with Crippen LogP contribution in [-0.2, 0) is 0 Å². The van der Waals surface area contributed by atoms with E-state index in [2.05, 4.69) is 15.3 Å². The van der Waals surface area contributed by atoms with Crippen LogP contribution in [0.4, 0.5) is 11.6 Å². The van der Waals surface area contributed by atoms with Gasteiger partial charge in [0, 0.05) is 22.5 Å². The SMILES string of the molecule is CC(=O)c1ccc(Nc2nc(C)c(C)c(=O)[nH]2)cc1. The lowest BCUT2D eigenvalue weighted by Gasteiger charge is -2.07. The van der Waals surface area contributed by atoms with Crippen LogP contribution in [0, 0.1) is 13.8 Å². The van der Waals surface area contributed by atoms with Crippen LogP contribution in [0.3, 0.4) is 0 Å². The van der Waals surface area contributed by atoms with Gasteiger partial charge in [-0.1, -0.05) is 0 Å². The quantitative estimate of drug-likeness (QED) is 0.827. The van der Waals surface area contributed by atoms with Crippen LogP contribution in [0.2, 0.25) is 0 Å². The molecule has 0 radical (unpaired) electrons. The van der Waals surface area contributed by atoms with Gasteiger partial charge in [-0.15, -0.1) is 0 Å². The second kappa shape index (κ2) is 5.06. The summed E-state index contributed by atoms with van der Waals surface area (Å²) >= 11 is 0. The number of Topliss-reactive ketones (excluding diaryl/α,β-unsaturated/α-hetero) is 1. The molecule has 0 atom stereocenters. The molecular weight excluding hydrogens is 242 g/mol. The summed E-state index contributed by atoms with van der Waals surface area (Å²) in [6.45, 7) is 5.03. The van der Waals surface area contributed by atoms with Gasteiger partial charge in [0.25, 0.3) is 5.56 Å². The van der Waals surface area contributed by atoms with Gasteiger partial charge in [-0.3, -0.25) is 14.6 Å². The van der Waals surface area contributed by atoms with Crippen LogP contribution in [0.15, 0.2) is 29.1 Å². The monoisotopic (exact) mass is 257 g/mol. The van der Waals surface area contributed by atoms with Crippen molar-refractivity contribution in [1.82, 2.24) is 9.97 Å². The normalized spacial score (nSPS) is 10.3. The van der Waals surface area contributed by atoms with Gasteiger partial charge in [-0.25, -0.2) is 4.98 Å². The molecule has 1 aromatic heterocycles. The number of aryl methyl sites for hydroxylation is 1. The van der Waals surface area contributed by atoms with Crippen molar-refractivity contribution in [2.45, 2.75) is 20.8 Å². The third kappa shape index (κ3) is 2.88. The Morgan fingerprint density at radius 1 is 1.21 bits per heavy atom. The van der Waals surface area contributed by atoms with Gasteiger partial charge < -0.3 is 5.32 Å². The van der Waals surface area contributed by atoms with Gasteiger partial charge >= 0.3 is 0 Å². The summed E-state index contributed by atoms with van der Waals surface area (Å²) in [6, 6.07) is 6.99. The average Bonchev–Trinajstić information content (AvgIpc) is 2.36. The Morgan fingerprint density at radius 2 is 1.84 bits per heavy atom. The van der Waals surface area contributed by atoms with E-state index in [1.165, 1.54) is 6.92 Å². The molecular formula is C14H15N3O2. The Kier molecular flexibility index (Phi) is 3.46. The summed E-state index contributed by atoms with van der Waals surface area (Å²) in [6.07, 6.45) is 0. The lowest BCUT2D eigenvalue weighted by atomic mass is 10.1. The van der Waals surface area contributed by atoms with Gasteiger partial charge in [0.15, 0.2) is 5.78 Å². The lowest BCUT2D eigenvalue weighted by Crippen LogP contribution is -2.15. The fourth-order valence-corrected chi connectivity index (χ4v) is 1.63. The van der Waals surface area contributed by atoms with Crippen LogP contribution < -0.4 is 10.9 Å². The molecule has 0 spiro atoms. The molecule has 2 N–H and O–H groups in total. The zero-order valence-corrected chi connectivity index (χ0v) is 11.1. The predicted molar refractivity (Wildman–Crippen MR) is 74.1 cm³/mol. The fourth-order valence-electron chi connectivity index (χ4n) is 1.63. The molecule has 0 saturated heterocycles. The summed E-state index contributed by atoms with van der Waals surface area (Å²) in [5.41, 5.74) is 2.54. The van der Waals surface area contributed by atoms with Crippen LogP contribution in [0.1, 0.15) is 28.5 Å². The van der Waals surface area contributed by atoms with Crippen LogP contribution in [0.25, 0.3) is 0 Å². The maximum Gasteiger partial charge on any atom is 0.255 e. The molecule has 0 aliphatic heterocycles. The second-order valence-corrected chi connectivity index (χ2v) is 4.38. The maximum atomic E-state index is 11.6. The minimum Gasteiger partial charge on any atom is -0.326 e. The van der Waals surface area contributed by atoms with E-state index in [1.807, 2.05) is 0 Å². The molecule has 0 saturated carbocycles. The zero-order chi connectivity index (χ0) is 14.0. The molecule has 0 amide bonds. The third-order valence-corrected chi connectivity index (χ3v) is 2.95. The van der Waals surface area contributed by atoms with Crippen molar-refractivity contribution in [3.63, 3.8) is 0 Å². The number of carbonyl (C=O) groups excluding carboxylic acids is 1. The molecule has 0 unspecified atom stereocenters. The van der Waals surface area contributed by atoms with Gasteiger partial charge in [-0.2, -0.15) is 0 Å². The molecule has 5 nitrogen and oxygen atoms in total. The van der Waals surface area contributed by atoms with Crippen molar-refractivity contribution >= 4 is 17.4 Å². The van der Waals surface area contributed by atoms with Gasteiger partial charge in [0.1, 0.15) is 0 Å². The number of nitrogens with zero attached hydrogens (tertiary/aromatic N) is 1. The molecule has 98 valence electrons. The smallest absolute Gasteiger partial charge is 0.255 e.